The molecule has 3 heterocycles. The number of rotatable bonds is 4. The van der Waals surface area contributed by atoms with Gasteiger partial charge in [-0.3, -0.25) is 9.59 Å². The van der Waals surface area contributed by atoms with Gasteiger partial charge in [0.25, 0.3) is 11.8 Å². The summed E-state index contributed by atoms with van der Waals surface area (Å²) < 4.78 is 16.4. The fourth-order valence-corrected chi connectivity index (χ4v) is 4.09. The number of anilines is 1. The zero-order chi connectivity index (χ0) is 21.2. The Morgan fingerprint density at radius 2 is 1.77 bits per heavy atom. The van der Waals surface area contributed by atoms with E-state index in [-0.39, 0.29) is 23.6 Å². The highest BCUT2D eigenvalue weighted by Crippen LogP contribution is 2.38. The molecule has 7 nitrogen and oxygen atoms in total. The Kier molecular flexibility index (Phi) is 5.08. The zero-order valence-corrected chi connectivity index (χ0v) is 16.9. The predicted molar refractivity (Wildman–Crippen MR) is 114 cm³/mol. The molecular formula is C24H22N2O5. The molecule has 3 aromatic rings. The van der Waals surface area contributed by atoms with E-state index in [4.69, 9.17) is 13.9 Å². The minimum atomic E-state index is -0.331. The molecule has 1 N–H and O–H groups in total. The number of carbonyl (C=O) groups is 2. The molecule has 1 saturated heterocycles. The van der Waals surface area contributed by atoms with Crippen LogP contribution in [0.4, 0.5) is 5.69 Å². The van der Waals surface area contributed by atoms with Crippen LogP contribution in [-0.4, -0.2) is 36.5 Å². The van der Waals surface area contributed by atoms with Crippen molar-refractivity contribution in [3.05, 3.63) is 77.7 Å². The van der Waals surface area contributed by atoms with Crippen LogP contribution in [0.1, 0.15) is 45.4 Å². The van der Waals surface area contributed by atoms with Crippen LogP contribution in [-0.2, 0) is 0 Å². The average molecular weight is 418 g/mol. The SMILES string of the molecule is O=C(Nc1ccc(C(=O)N2CCCC2c2ccc3c(c2)OCCO3)cc1)c1ccco1. The van der Waals surface area contributed by atoms with Crippen LogP contribution in [0.25, 0.3) is 0 Å². The normalized spacial score (nSPS) is 17.4. The molecule has 5 rings (SSSR count). The lowest BCUT2D eigenvalue weighted by atomic mass is 10.0. The van der Waals surface area contributed by atoms with Crippen LogP contribution in [0.2, 0.25) is 0 Å². The second-order valence-electron chi connectivity index (χ2n) is 7.57. The number of nitrogens with zero attached hydrogens (tertiary/aromatic N) is 1. The molecule has 0 aliphatic carbocycles. The summed E-state index contributed by atoms with van der Waals surface area (Å²) in [7, 11) is 0. The molecule has 158 valence electrons. The summed E-state index contributed by atoms with van der Waals surface area (Å²) in [6, 6.07) is 16.1. The number of furan rings is 1. The van der Waals surface area contributed by atoms with Crippen LogP contribution < -0.4 is 14.8 Å². The van der Waals surface area contributed by atoms with Crippen molar-refractivity contribution in [2.24, 2.45) is 0 Å². The van der Waals surface area contributed by atoms with Gasteiger partial charge in [-0.1, -0.05) is 6.07 Å². The summed E-state index contributed by atoms with van der Waals surface area (Å²) in [5.41, 5.74) is 2.24. The molecular weight excluding hydrogens is 396 g/mol. The highest BCUT2D eigenvalue weighted by Gasteiger charge is 2.31. The largest absolute Gasteiger partial charge is 0.486 e. The lowest BCUT2D eigenvalue weighted by Crippen LogP contribution is -2.30. The maximum Gasteiger partial charge on any atom is 0.291 e. The van der Waals surface area contributed by atoms with Crippen molar-refractivity contribution in [1.82, 2.24) is 4.90 Å². The molecule has 2 aliphatic rings. The fourth-order valence-electron chi connectivity index (χ4n) is 4.09. The third-order valence-corrected chi connectivity index (χ3v) is 5.60. The number of amides is 2. The monoisotopic (exact) mass is 418 g/mol. The van der Waals surface area contributed by atoms with E-state index in [1.54, 1.807) is 36.4 Å². The van der Waals surface area contributed by atoms with Gasteiger partial charge >= 0.3 is 0 Å². The number of fused-ring (bicyclic) bond motifs is 1. The van der Waals surface area contributed by atoms with E-state index in [0.29, 0.717) is 31.0 Å². The highest BCUT2D eigenvalue weighted by molar-refractivity contribution is 6.02. The van der Waals surface area contributed by atoms with Crippen molar-refractivity contribution in [2.45, 2.75) is 18.9 Å². The highest BCUT2D eigenvalue weighted by atomic mass is 16.6. The van der Waals surface area contributed by atoms with Gasteiger partial charge < -0.3 is 24.1 Å². The summed E-state index contributed by atoms with van der Waals surface area (Å²) >= 11 is 0. The molecule has 7 heteroatoms. The van der Waals surface area contributed by atoms with Crippen molar-refractivity contribution >= 4 is 17.5 Å². The Balaban J connectivity index is 1.30. The van der Waals surface area contributed by atoms with E-state index in [9.17, 15) is 9.59 Å². The van der Waals surface area contributed by atoms with Crippen LogP contribution in [0.15, 0.2) is 65.3 Å². The maximum atomic E-state index is 13.2. The van der Waals surface area contributed by atoms with Gasteiger partial charge in [0.2, 0.25) is 0 Å². The van der Waals surface area contributed by atoms with Gasteiger partial charge in [-0.2, -0.15) is 0 Å². The van der Waals surface area contributed by atoms with Crippen molar-refractivity contribution in [3.63, 3.8) is 0 Å². The second kappa shape index (κ2) is 8.18. The fraction of sp³-hybridized carbons (Fsp3) is 0.250. The molecule has 1 atom stereocenters. The summed E-state index contributed by atoms with van der Waals surface area (Å²) in [6.07, 6.45) is 3.30. The van der Waals surface area contributed by atoms with Crippen molar-refractivity contribution in [2.75, 3.05) is 25.1 Å². The summed E-state index contributed by atoms with van der Waals surface area (Å²) in [6.45, 7) is 1.79. The molecule has 2 aliphatic heterocycles. The zero-order valence-electron chi connectivity index (χ0n) is 16.9. The summed E-state index contributed by atoms with van der Waals surface area (Å²) in [5.74, 6) is 1.36. The molecule has 2 amide bonds. The minimum absolute atomic E-state index is 0.00154. The minimum Gasteiger partial charge on any atom is -0.486 e. The predicted octanol–water partition coefficient (Wildman–Crippen LogP) is 4.28. The number of hydrogen-bond donors (Lipinski definition) is 1. The molecule has 1 aromatic heterocycles. The maximum absolute atomic E-state index is 13.2. The number of ether oxygens (including phenoxy) is 2. The molecule has 0 radical (unpaired) electrons. The topological polar surface area (TPSA) is 81.0 Å². The summed E-state index contributed by atoms with van der Waals surface area (Å²) in [5, 5.41) is 2.76. The average Bonchev–Trinajstić information content (AvgIpc) is 3.51. The number of likely N-dealkylation sites (tertiary alicyclic amines) is 1. The smallest absolute Gasteiger partial charge is 0.291 e. The van der Waals surface area contributed by atoms with Crippen LogP contribution >= 0.6 is 0 Å². The Morgan fingerprint density at radius 1 is 0.968 bits per heavy atom. The molecule has 0 bridgehead atoms. The number of nitrogens with one attached hydrogen (secondary N) is 1. The van der Waals surface area contributed by atoms with E-state index in [1.165, 1.54) is 6.26 Å². The molecule has 1 unspecified atom stereocenters. The van der Waals surface area contributed by atoms with Crippen molar-refractivity contribution in [1.29, 1.82) is 0 Å². The van der Waals surface area contributed by atoms with E-state index >= 15 is 0 Å². The van der Waals surface area contributed by atoms with Gasteiger partial charge in [-0.25, -0.2) is 0 Å². The Labute approximate surface area is 179 Å². The third-order valence-electron chi connectivity index (χ3n) is 5.60. The van der Waals surface area contributed by atoms with Gasteiger partial charge in [0.1, 0.15) is 13.2 Å². The Morgan fingerprint density at radius 3 is 2.55 bits per heavy atom. The first-order chi connectivity index (χ1) is 15.2. The Hall–Kier alpha value is -3.74. The molecule has 0 saturated carbocycles. The third kappa shape index (κ3) is 3.86. The summed E-state index contributed by atoms with van der Waals surface area (Å²) in [4.78, 5) is 27.2. The number of hydrogen-bond acceptors (Lipinski definition) is 5. The van der Waals surface area contributed by atoms with Gasteiger partial charge in [-0.05, 0) is 66.9 Å². The lowest BCUT2D eigenvalue weighted by molar-refractivity contribution is 0.0735. The van der Waals surface area contributed by atoms with Crippen LogP contribution in [0, 0.1) is 0 Å². The molecule has 2 aromatic carbocycles. The molecule has 1 fully saturated rings. The van der Waals surface area contributed by atoms with E-state index < -0.39 is 0 Å². The first kappa shape index (κ1) is 19.2. The first-order valence-corrected chi connectivity index (χ1v) is 10.3. The second-order valence-corrected chi connectivity index (χ2v) is 7.57. The quantitative estimate of drug-likeness (QED) is 0.684. The van der Waals surface area contributed by atoms with Gasteiger partial charge in [0.15, 0.2) is 17.3 Å². The van der Waals surface area contributed by atoms with E-state index in [2.05, 4.69) is 5.32 Å². The molecule has 0 spiro atoms. The molecule has 31 heavy (non-hydrogen) atoms. The van der Waals surface area contributed by atoms with Crippen molar-refractivity contribution in [3.8, 4) is 11.5 Å². The first-order valence-electron chi connectivity index (χ1n) is 10.3. The van der Waals surface area contributed by atoms with Gasteiger partial charge in [-0.15, -0.1) is 0 Å². The van der Waals surface area contributed by atoms with Gasteiger partial charge in [0, 0.05) is 17.8 Å². The number of carbonyl (C=O) groups excluding carboxylic acids is 2. The van der Waals surface area contributed by atoms with E-state index in [1.807, 2.05) is 23.1 Å². The van der Waals surface area contributed by atoms with Crippen LogP contribution in [0.5, 0.6) is 11.5 Å². The van der Waals surface area contributed by atoms with Crippen molar-refractivity contribution < 1.29 is 23.5 Å². The van der Waals surface area contributed by atoms with E-state index in [0.717, 1.165) is 29.9 Å². The van der Waals surface area contributed by atoms with Crippen LogP contribution in [0.3, 0.4) is 0 Å². The number of benzene rings is 2. The lowest BCUT2D eigenvalue weighted by Gasteiger charge is -2.27. The van der Waals surface area contributed by atoms with Gasteiger partial charge in [0.05, 0.1) is 12.3 Å². The Bertz CT molecular complexity index is 1090. The standard InChI is InChI=1S/C24H22N2O5/c27-23(21-4-2-12-29-21)25-18-8-5-16(6-9-18)24(28)26-11-1-3-19(26)17-7-10-20-22(15-17)31-14-13-30-20/h2,4-10,12,15,19H,1,3,11,13-14H2,(H,25,27).